The molecule has 3 aromatic rings. The fourth-order valence-corrected chi connectivity index (χ4v) is 2.22. The second kappa shape index (κ2) is 6.33. The van der Waals surface area contributed by atoms with Gasteiger partial charge in [-0.15, -0.1) is 0 Å². The Morgan fingerprint density at radius 3 is 2.62 bits per heavy atom. The van der Waals surface area contributed by atoms with Crippen molar-refractivity contribution >= 4 is 11.7 Å². The van der Waals surface area contributed by atoms with Crippen molar-refractivity contribution in [2.24, 2.45) is 0 Å². The summed E-state index contributed by atoms with van der Waals surface area (Å²) in [5.74, 6) is -0.300. The number of carbonyl (C=O) groups is 1. The van der Waals surface area contributed by atoms with Crippen LogP contribution in [0.2, 0.25) is 0 Å². The topological polar surface area (TPSA) is 95.5 Å². The van der Waals surface area contributed by atoms with Gasteiger partial charge in [0.2, 0.25) is 0 Å². The van der Waals surface area contributed by atoms with Gasteiger partial charge in [0, 0.05) is 11.6 Å². The Bertz CT molecular complexity index is 902. The molecule has 0 radical (unpaired) electrons. The Hall–Kier alpha value is -3.48. The van der Waals surface area contributed by atoms with Crippen molar-refractivity contribution in [3.63, 3.8) is 0 Å². The van der Waals surface area contributed by atoms with E-state index in [0.29, 0.717) is 17.0 Å². The standard InChI is InChI=1S/C17H12N2O5/c1-11-15(16(18-24-11)12-6-3-2-4-7-12)17(20)23-14-9-5-8-13(10-14)19(21)22/h2-10H,1H3. The van der Waals surface area contributed by atoms with E-state index < -0.39 is 10.9 Å². The molecular weight excluding hydrogens is 312 g/mol. The predicted octanol–water partition coefficient (Wildman–Crippen LogP) is 3.78. The maximum atomic E-state index is 12.5. The van der Waals surface area contributed by atoms with Gasteiger partial charge in [-0.2, -0.15) is 0 Å². The number of aromatic nitrogens is 1. The summed E-state index contributed by atoms with van der Waals surface area (Å²) in [5, 5.41) is 14.7. The van der Waals surface area contributed by atoms with Gasteiger partial charge in [0.05, 0.1) is 11.0 Å². The molecule has 120 valence electrons. The summed E-state index contributed by atoms with van der Waals surface area (Å²) in [6.45, 7) is 1.60. The van der Waals surface area contributed by atoms with Crippen molar-refractivity contribution in [2.75, 3.05) is 0 Å². The normalized spacial score (nSPS) is 10.4. The highest BCUT2D eigenvalue weighted by atomic mass is 16.6. The molecule has 0 spiro atoms. The van der Waals surface area contributed by atoms with Crippen LogP contribution in [0.25, 0.3) is 11.3 Å². The summed E-state index contributed by atoms with van der Waals surface area (Å²) >= 11 is 0. The molecule has 0 amide bonds. The third-order valence-electron chi connectivity index (χ3n) is 3.35. The van der Waals surface area contributed by atoms with Crippen molar-refractivity contribution in [2.45, 2.75) is 6.92 Å². The highest BCUT2D eigenvalue weighted by molar-refractivity contribution is 5.98. The number of rotatable bonds is 4. The lowest BCUT2D eigenvalue weighted by Crippen LogP contribution is -2.10. The minimum absolute atomic E-state index is 0.0776. The SMILES string of the molecule is Cc1onc(-c2ccccc2)c1C(=O)Oc1cccc([N+](=O)[O-])c1. The Labute approximate surface area is 136 Å². The molecule has 0 aliphatic rings. The van der Waals surface area contributed by atoms with E-state index in [2.05, 4.69) is 5.16 Å². The molecular formula is C17H12N2O5. The van der Waals surface area contributed by atoms with Crippen LogP contribution in [0.5, 0.6) is 5.75 Å². The summed E-state index contributed by atoms with van der Waals surface area (Å²) in [6, 6.07) is 14.5. The highest BCUT2D eigenvalue weighted by Crippen LogP contribution is 2.27. The summed E-state index contributed by atoms with van der Waals surface area (Å²) in [5.41, 5.74) is 1.10. The van der Waals surface area contributed by atoms with Gasteiger partial charge in [0.15, 0.2) is 0 Å². The molecule has 0 fully saturated rings. The van der Waals surface area contributed by atoms with Crippen molar-refractivity contribution in [1.82, 2.24) is 5.16 Å². The van der Waals surface area contributed by atoms with E-state index in [1.54, 1.807) is 19.1 Å². The average molecular weight is 324 g/mol. The first-order valence-electron chi connectivity index (χ1n) is 7.04. The quantitative estimate of drug-likeness (QED) is 0.314. The van der Waals surface area contributed by atoms with Gasteiger partial charge in [-0.05, 0) is 13.0 Å². The molecule has 0 saturated heterocycles. The minimum Gasteiger partial charge on any atom is -0.423 e. The lowest BCUT2D eigenvalue weighted by molar-refractivity contribution is -0.384. The van der Waals surface area contributed by atoms with Crippen LogP contribution in [-0.4, -0.2) is 16.0 Å². The van der Waals surface area contributed by atoms with E-state index >= 15 is 0 Å². The first kappa shape index (κ1) is 15.4. The third-order valence-corrected chi connectivity index (χ3v) is 3.35. The Morgan fingerprint density at radius 1 is 1.17 bits per heavy atom. The van der Waals surface area contributed by atoms with Crippen molar-refractivity contribution in [3.05, 3.63) is 76.0 Å². The molecule has 7 heteroatoms. The Morgan fingerprint density at radius 2 is 1.92 bits per heavy atom. The van der Waals surface area contributed by atoms with Crippen LogP contribution in [0.15, 0.2) is 59.1 Å². The number of benzene rings is 2. The molecule has 0 bridgehead atoms. The van der Waals surface area contributed by atoms with E-state index in [1.807, 2.05) is 18.2 Å². The van der Waals surface area contributed by atoms with Crippen LogP contribution in [-0.2, 0) is 0 Å². The van der Waals surface area contributed by atoms with Gasteiger partial charge in [-0.1, -0.05) is 41.6 Å². The molecule has 0 atom stereocenters. The largest absolute Gasteiger partial charge is 0.423 e. The van der Waals surface area contributed by atoms with E-state index in [4.69, 9.17) is 9.26 Å². The van der Waals surface area contributed by atoms with E-state index in [0.717, 1.165) is 0 Å². The van der Waals surface area contributed by atoms with Crippen molar-refractivity contribution < 1.29 is 19.0 Å². The number of non-ortho nitro benzene ring substituents is 1. The number of esters is 1. The predicted molar refractivity (Wildman–Crippen MR) is 84.7 cm³/mol. The molecule has 0 unspecified atom stereocenters. The van der Waals surface area contributed by atoms with Crippen LogP contribution in [0.1, 0.15) is 16.1 Å². The smallest absolute Gasteiger partial charge is 0.349 e. The molecule has 3 rings (SSSR count). The van der Waals surface area contributed by atoms with Crippen LogP contribution >= 0.6 is 0 Å². The summed E-state index contributed by atoms with van der Waals surface area (Å²) in [7, 11) is 0. The van der Waals surface area contributed by atoms with Gasteiger partial charge in [-0.3, -0.25) is 10.1 Å². The average Bonchev–Trinajstić information content (AvgIpc) is 2.97. The highest BCUT2D eigenvalue weighted by Gasteiger charge is 2.23. The van der Waals surface area contributed by atoms with Gasteiger partial charge >= 0.3 is 5.97 Å². The maximum absolute atomic E-state index is 12.5. The van der Waals surface area contributed by atoms with E-state index in [9.17, 15) is 14.9 Å². The lowest BCUT2D eigenvalue weighted by Gasteiger charge is -2.05. The number of nitrogens with zero attached hydrogens (tertiary/aromatic N) is 2. The number of ether oxygens (including phenoxy) is 1. The van der Waals surface area contributed by atoms with E-state index in [-0.39, 0.29) is 17.0 Å². The fourth-order valence-electron chi connectivity index (χ4n) is 2.22. The van der Waals surface area contributed by atoms with Crippen LogP contribution in [0.3, 0.4) is 0 Å². The number of aryl methyl sites for hydroxylation is 1. The van der Waals surface area contributed by atoms with Crippen LogP contribution in [0.4, 0.5) is 5.69 Å². The van der Waals surface area contributed by atoms with Gasteiger partial charge in [0.1, 0.15) is 22.8 Å². The number of hydrogen-bond donors (Lipinski definition) is 0. The second-order valence-corrected chi connectivity index (χ2v) is 4.97. The molecule has 24 heavy (non-hydrogen) atoms. The third kappa shape index (κ3) is 3.00. The molecule has 0 N–H and O–H groups in total. The summed E-state index contributed by atoms with van der Waals surface area (Å²) in [6.07, 6.45) is 0. The summed E-state index contributed by atoms with van der Waals surface area (Å²) < 4.78 is 10.4. The first-order valence-corrected chi connectivity index (χ1v) is 7.04. The zero-order valence-corrected chi connectivity index (χ0v) is 12.6. The Kier molecular flexibility index (Phi) is 4.07. The number of hydrogen-bond acceptors (Lipinski definition) is 6. The van der Waals surface area contributed by atoms with Gasteiger partial charge in [0.25, 0.3) is 5.69 Å². The van der Waals surface area contributed by atoms with Crippen molar-refractivity contribution in [1.29, 1.82) is 0 Å². The van der Waals surface area contributed by atoms with Gasteiger partial charge in [-0.25, -0.2) is 4.79 Å². The number of nitro groups is 1. The second-order valence-electron chi connectivity index (χ2n) is 4.97. The zero-order chi connectivity index (χ0) is 17.1. The zero-order valence-electron chi connectivity index (χ0n) is 12.6. The number of nitro benzene ring substituents is 1. The van der Waals surface area contributed by atoms with E-state index in [1.165, 1.54) is 24.3 Å². The molecule has 2 aromatic carbocycles. The Balaban J connectivity index is 1.93. The monoisotopic (exact) mass is 324 g/mol. The molecule has 0 aliphatic heterocycles. The van der Waals surface area contributed by atoms with Crippen molar-refractivity contribution in [3.8, 4) is 17.0 Å². The first-order chi connectivity index (χ1) is 11.6. The maximum Gasteiger partial charge on any atom is 0.349 e. The van der Waals surface area contributed by atoms with Gasteiger partial charge < -0.3 is 9.26 Å². The summed E-state index contributed by atoms with van der Waals surface area (Å²) in [4.78, 5) is 22.7. The molecule has 0 saturated carbocycles. The molecule has 1 aromatic heterocycles. The minimum atomic E-state index is -0.687. The van der Waals surface area contributed by atoms with Crippen LogP contribution in [0, 0.1) is 17.0 Å². The molecule has 0 aliphatic carbocycles. The van der Waals surface area contributed by atoms with Crippen LogP contribution < -0.4 is 4.74 Å². The molecule has 1 heterocycles. The fraction of sp³-hybridized carbons (Fsp3) is 0.0588. The molecule has 7 nitrogen and oxygen atoms in total. The lowest BCUT2D eigenvalue weighted by atomic mass is 10.1. The number of carbonyl (C=O) groups excluding carboxylic acids is 1.